The Morgan fingerprint density at radius 2 is 0.842 bits per heavy atom. The molecule has 2 radical (unpaired) electrons. The van der Waals surface area contributed by atoms with E-state index >= 15 is 0 Å². The van der Waals surface area contributed by atoms with Crippen molar-refractivity contribution in [3.05, 3.63) is 123 Å². The summed E-state index contributed by atoms with van der Waals surface area (Å²) >= 11 is 1.81. The maximum absolute atomic E-state index is 2.97. The van der Waals surface area contributed by atoms with Crippen LogP contribution in [0.4, 0.5) is 0 Å². The zero-order valence-corrected chi connectivity index (χ0v) is 27.4. The van der Waals surface area contributed by atoms with Crippen molar-refractivity contribution in [2.45, 2.75) is 39.5 Å². The van der Waals surface area contributed by atoms with Crippen molar-refractivity contribution >= 4 is 75.5 Å². The molecule has 0 unspecified atom stereocenters. The third-order valence-electron chi connectivity index (χ3n) is 6.61. The second-order valence-corrected chi connectivity index (χ2v) is 9.47. The van der Waals surface area contributed by atoms with E-state index in [-0.39, 0.29) is 39.7 Å². The van der Waals surface area contributed by atoms with Crippen molar-refractivity contribution in [2.24, 2.45) is 0 Å². The van der Waals surface area contributed by atoms with Crippen molar-refractivity contribution < 1.29 is 19.2 Å². The number of hydrogen-bond acceptors (Lipinski definition) is 0. The van der Waals surface area contributed by atoms with Gasteiger partial charge in [-0.15, -0.1) is 81.8 Å². The molecular weight excluding hydrogens is 555 g/mol. The van der Waals surface area contributed by atoms with E-state index in [1.54, 1.807) is 19.2 Å². The van der Waals surface area contributed by atoms with E-state index in [0.717, 1.165) is 0 Å². The molecule has 0 aliphatic heterocycles. The monoisotopic (exact) mass is 592 g/mol. The zero-order valence-electron chi connectivity index (χ0n) is 23.2. The Bertz CT molecular complexity index is 1440. The van der Waals surface area contributed by atoms with Gasteiger partial charge in [-0.3, -0.25) is 0 Å². The predicted molar refractivity (Wildman–Crippen MR) is 175 cm³/mol. The second kappa shape index (κ2) is 16.3. The van der Waals surface area contributed by atoms with Crippen LogP contribution in [0.1, 0.15) is 50.7 Å². The second-order valence-electron chi connectivity index (χ2n) is 9.47. The quantitative estimate of drug-likeness (QED) is 0.138. The number of benzene rings is 4. The molecule has 0 nitrogen and oxygen atoms in total. The Morgan fingerprint density at radius 1 is 0.526 bits per heavy atom. The first-order chi connectivity index (χ1) is 16.5. The van der Waals surface area contributed by atoms with Crippen LogP contribution in [-0.4, -0.2) is 7.63 Å². The Labute approximate surface area is 255 Å². The van der Waals surface area contributed by atoms with Crippen molar-refractivity contribution in [3.63, 3.8) is 0 Å². The van der Waals surface area contributed by atoms with Gasteiger partial charge >= 0.3 is 26.8 Å². The van der Waals surface area contributed by atoms with E-state index in [9.17, 15) is 0 Å². The topological polar surface area (TPSA) is 0 Å². The first-order valence-corrected chi connectivity index (χ1v) is 14.8. The molecule has 6 aromatic carbocycles. The average molecular weight is 594 g/mol. The van der Waals surface area contributed by atoms with Crippen LogP contribution in [0.3, 0.4) is 0 Å². The van der Waals surface area contributed by atoms with Crippen LogP contribution in [0.15, 0.2) is 97.1 Å². The van der Waals surface area contributed by atoms with Gasteiger partial charge < -0.3 is 14.9 Å². The van der Waals surface area contributed by atoms with Gasteiger partial charge in [-0.25, -0.2) is 0 Å². The number of fused-ring (bicyclic) bond motifs is 6. The molecule has 4 heteroatoms. The fourth-order valence-electron chi connectivity index (χ4n) is 4.64. The summed E-state index contributed by atoms with van der Waals surface area (Å²) in [6, 6.07) is 35.4. The third kappa shape index (κ3) is 7.62. The van der Waals surface area contributed by atoms with Gasteiger partial charge in [0, 0.05) is 0 Å². The molecule has 200 valence electrons. The molecule has 0 fully saturated rings. The van der Waals surface area contributed by atoms with Gasteiger partial charge in [0.25, 0.3) is 0 Å². The van der Waals surface area contributed by atoms with Crippen LogP contribution in [0.2, 0.25) is 0 Å². The summed E-state index contributed by atoms with van der Waals surface area (Å²) in [6.45, 7) is 8.99. The molecule has 0 atom stereocenters. The van der Waals surface area contributed by atoms with Crippen LogP contribution in [0.5, 0.6) is 0 Å². The Balaban J connectivity index is 0.000000616. The zero-order chi connectivity index (χ0) is 24.2. The van der Waals surface area contributed by atoms with E-state index < -0.39 is 0 Å². The van der Waals surface area contributed by atoms with E-state index in [4.69, 9.17) is 0 Å². The fourth-order valence-corrected chi connectivity index (χ4v) is 4.64. The van der Waals surface area contributed by atoms with Crippen molar-refractivity contribution in [2.75, 3.05) is 0 Å². The molecular formula is C34H38Cl2SiTi-4. The maximum atomic E-state index is 2.97. The summed E-state index contributed by atoms with van der Waals surface area (Å²) in [4.78, 5) is 0. The van der Waals surface area contributed by atoms with Gasteiger partial charge in [-0.2, -0.15) is 12.1 Å². The van der Waals surface area contributed by atoms with Gasteiger partial charge in [0.15, 0.2) is 0 Å². The summed E-state index contributed by atoms with van der Waals surface area (Å²) in [5, 5.41) is 10.9. The Kier molecular flexibility index (Phi) is 15.5. The summed E-state index contributed by atoms with van der Waals surface area (Å²) in [7, 11) is 2.97. The first kappa shape index (κ1) is 36.1. The molecule has 6 aromatic rings. The van der Waals surface area contributed by atoms with E-state index in [1.807, 2.05) is 0 Å². The molecule has 0 spiro atoms. The average Bonchev–Trinajstić information content (AvgIpc) is 3.51. The third-order valence-corrected chi connectivity index (χ3v) is 6.61. The molecule has 38 heavy (non-hydrogen) atoms. The summed E-state index contributed by atoms with van der Waals surface area (Å²) < 4.78 is 0. The van der Waals surface area contributed by atoms with Crippen LogP contribution >= 0.6 is 24.8 Å². The van der Waals surface area contributed by atoms with E-state index in [2.05, 4.69) is 132 Å². The molecule has 0 bridgehead atoms. The summed E-state index contributed by atoms with van der Waals surface area (Å²) in [5.74, 6) is 1.21. The molecule has 0 amide bonds. The molecule has 6 rings (SSSR count). The van der Waals surface area contributed by atoms with Crippen molar-refractivity contribution in [1.82, 2.24) is 0 Å². The Hall–Kier alpha value is -1.87. The predicted octanol–water partition coefficient (Wildman–Crippen LogP) is 11.0. The molecule has 0 N–H and O–H groups in total. The SMILES string of the molecule is CC(C)c1cc2ccc3ccccc3c2[cH-]1.CC(C)c1cc2ccc3ccccc3c2[cH-]1.Cl.Cl.[CH3-].[CH3-].[Si]=[Ti]. The molecule has 0 aliphatic rings. The van der Waals surface area contributed by atoms with Crippen LogP contribution in [0.25, 0.3) is 43.1 Å². The normalized spacial score (nSPS) is 9.92. The van der Waals surface area contributed by atoms with Gasteiger partial charge in [-0.1, -0.05) is 110 Å². The Morgan fingerprint density at radius 3 is 1.18 bits per heavy atom. The summed E-state index contributed by atoms with van der Waals surface area (Å²) in [6.07, 6.45) is 0. The molecule has 0 aliphatic carbocycles. The summed E-state index contributed by atoms with van der Waals surface area (Å²) in [5.41, 5.74) is 2.87. The number of halogens is 2. The molecule has 0 saturated heterocycles. The van der Waals surface area contributed by atoms with Crippen LogP contribution in [0, 0.1) is 14.9 Å². The van der Waals surface area contributed by atoms with Gasteiger partial charge in [0.05, 0.1) is 0 Å². The minimum atomic E-state index is 0. The number of hydrogen-bond donors (Lipinski definition) is 0. The van der Waals surface area contributed by atoms with Crippen molar-refractivity contribution in [3.8, 4) is 0 Å². The fraction of sp³-hybridized carbons (Fsp3) is 0.176. The van der Waals surface area contributed by atoms with Crippen LogP contribution in [-0.2, 0) is 19.2 Å². The van der Waals surface area contributed by atoms with Gasteiger partial charge in [0.2, 0.25) is 0 Å². The van der Waals surface area contributed by atoms with Gasteiger partial charge in [0.1, 0.15) is 0 Å². The van der Waals surface area contributed by atoms with Gasteiger partial charge in [-0.05, 0) is 11.8 Å². The minimum absolute atomic E-state index is 0. The molecule has 0 saturated carbocycles. The van der Waals surface area contributed by atoms with E-state index in [0.29, 0.717) is 11.8 Å². The van der Waals surface area contributed by atoms with Crippen molar-refractivity contribution in [1.29, 1.82) is 0 Å². The number of rotatable bonds is 2. The first-order valence-electron chi connectivity index (χ1n) is 11.9. The molecule has 0 aromatic heterocycles. The molecule has 0 heterocycles. The van der Waals surface area contributed by atoms with E-state index in [1.165, 1.54) is 54.2 Å². The van der Waals surface area contributed by atoms with Crippen LogP contribution < -0.4 is 0 Å². The standard InChI is InChI=1S/2C16H15.2CH3.2ClH.Si.Ti/c2*1-11(2)14-9-13-8-7-12-5-3-4-6-15(12)16(13)10-14;;;;;;/h2*3-11H,1-2H3;2*1H3;2*1H;;/q4*-1;;;;.